The zero-order valence-corrected chi connectivity index (χ0v) is 18.7. The van der Waals surface area contributed by atoms with E-state index in [9.17, 15) is 17.2 Å². The van der Waals surface area contributed by atoms with Crippen LogP contribution >= 0.6 is 0 Å². The lowest BCUT2D eigenvalue weighted by molar-refractivity contribution is 0.556. The number of fused-ring (bicyclic) bond motifs is 1. The summed E-state index contributed by atoms with van der Waals surface area (Å²) in [5, 5.41) is 9.39. The number of anilines is 4. The molecule has 0 spiro atoms. The number of benzene rings is 3. The number of nitrogens with one attached hydrogen (secondary N) is 2. The van der Waals surface area contributed by atoms with Crippen LogP contribution in [0.5, 0.6) is 0 Å². The number of halogens is 3. The minimum absolute atomic E-state index is 0.0180. The summed E-state index contributed by atoms with van der Waals surface area (Å²) in [6.45, 7) is 1.54. The van der Waals surface area contributed by atoms with Gasteiger partial charge in [0.25, 0.3) is 0 Å². The van der Waals surface area contributed by atoms with Crippen molar-refractivity contribution >= 4 is 43.9 Å². The number of sulfonamides is 1. The number of primary sulfonamides is 1. The largest absolute Gasteiger partial charge is 0.351 e. The highest BCUT2D eigenvalue weighted by Crippen LogP contribution is 2.33. The Morgan fingerprint density at radius 3 is 2.44 bits per heavy atom. The van der Waals surface area contributed by atoms with Gasteiger partial charge >= 0.3 is 0 Å². The summed E-state index contributed by atoms with van der Waals surface area (Å²) in [6, 6.07) is 12.8. The van der Waals surface area contributed by atoms with E-state index in [0.717, 1.165) is 12.1 Å². The molecule has 1 aromatic heterocycles. The van der Waals surface area contributed by atoms with E-state index in [0.29, 0.717) is 11.0 Å². The molecule has 0 aliphatic rings. The van der Waals surface area contributed by atoms with Crippen molar-refractivity contribution in [3.8, 4) is 0 Å². The summed E-state index contributed by atoms with van der Waals surface area (Å²) in [6.07, 6.45) is 1.45. The van der Waals surface area contributed by atoms with Crippen molar-refractivity contribution < 1.29 is 21.6 Å². The third kappa shape index (κ3) is 4.80. The van der Waals surface area contributed by atoms with E-state index in [1.54, 1.807) is 37.3 Å². The highest BCUT2D eigenvalue weighted by molar-refractivity contribution is 7.89. The summed E-state index contributed by atoms with van der Waals surface area (Å²) >= 11 is 0. The normalized spacial score (nSPS) is 12.5. The molecule has 0 amide bonds. The van der Waals surface area contributed by atoms with E-state index in [2.05, 4.69) is 20.6 Å². The maximum atomic E-state index is 15.1. The standard InChI is InChI=1S/C23H20F3N5O2S/c1-2-20(34(27,32)33)14-8-9-16(25)23(22(14)26)29-13-7-10-18-19(11-13)31-21(12-28-18)30-17-6-4-3-5-15(17)24/h3-12,20,29H,2H2,1H3,(H,30,31)(H2,27,32,33). The van der Waals surface area contributed by atoms with Crippen LogP contribution in [0.3, 0.4) is 0 Å². The molecule has 1 unspecified atom stereocenters. The number of nitrogens with zero attached hydrogens (tertiary/aromatic N) is 2. The first-order chi connectivity index (χ1) is 16.2. The molecule has 0 radical (unpaired) electrons. The molecule has 4 N–H and O–H groups in total. The van der Waals surface area contributed by atoms with Crippen molar-refractivity contribution in [3.05, 3.63) is 83.8 Å². The molecule has 11 heteroatoms. The van der Waals surface area contributed by atoms with Gasteiger partial charge in [-0.25, -0.2) is 31.7 Å². The van der Waals surface area contributed by atoms with Crippen molar-refractivity contribution in [2.45, 2.75) is 18.6 Å². The number of aromatic nitrogens is 2. The number of hydrogen-bond donors (Lipinski definition) is 3. The second-order valence-corrected chi connectivity index (χ2v) is 9.25. The highest BCUT2D eigenvalue weighted by atomic mass is 32.2. The maximum Gasteiger partial charge on any atom is 0.216 e. The Kier molecular flexibility index (Phi) is 6.40. The molecule has 7 nitrogen and oxygen atoms in total. The topological polar surface area (TPSA) is 110 Å². The van der Waals surface area contributed by atoms with Crippen LogP contribution in [0.15, 0.2) is 60.8 Å². The van der Waals surface area contributed by atoms with Gasteiger partial charge in [0.05, 0.1) is 22.9 Å². The van der Waals surface area contributed by atoms with Crippen molar-refractivity contribution in [3.63, 3.8) is 0 Å². The lowest BCUT2D eigenvalue weighted by atomic mass is 10.1. The fourth-order valence-electron chi connectivity index (χ4n) is 3.56. The Bertz CT molecular complexity index is 1480. The number of hydrogen-bond acceptors (Lipinski definition) is 6. The van der Waals surface area contributed by atoms with Gasteiger partial charge in [0.1, 0.15) is 28.4 Å². The molecule has 0 fully saturated rings. The Balaban J connectivity index is 1.68. The molecule has 4 rings (SSSR count). The smallest absolute Gasteiger partial charge is 0.216 e. The van der Waals surface area contributed by atoms with Gasteiger partial charge in [-0.3, -0.25) is 4.98 Å². The van der Waals surface area contributed by atoms with Gasteiger partial charge < -0.3 is 10.6 Å². The van der Waals surface area contributed by atoms with Crippen LogP contribution in [0.2, 0.25) is 0 Å². The van der Waals surface area contributed by atoms with E-state index in [1.807, 2.05) is 0 Å². The van der Waals surface area contributed by atoms with Crippen LogP contribution in [0, 0.1) is 17.5 Å². The van der Waals surface area contributed by atoms with Gasteiger partial charge in [-0.2, -0.15) is 0 Å². The second kappa shape index (κ2) is 9.27. The number of para-hydroxylation sites is 1. The molecule has 1 heterocycles. The number of nitrogens with two attached hydrogens (primary N) is 1. The molecule has 176 valence electrons. The van der Waals surface area contributed by atoms with E-state index >= 15 is 4.39 Å². The minimum atomic E-state index is -4.10. The van der Waals surface area contributed by atoms with E-state index in [1.165, 1.54) is 18.3 Å². The molecule has 1 atom stereocenters. The molecule has 0 aliphatic heterocycles. The first-order valence-corrected chi connectivity index (χ1v) is 11.8. The summed E-state index contributed by atoms with van der Waals surface area (Å²) in [7, 11) is -4.10. The number of rotatable bonds is 7. The molecular formula is C23H20F3N5O2S. The van der Waals surface area contributed by atoms with Crippen molar-refractivity contribution in [2.75, 3.05) is 10.6 Å². The molecule has 4 aromatic rings. The maximum absolute atomic E-state index is 15.1. The molecule has 34 heavy (non-hydrogen) atoms. The lowest BCUT2D eigenvalue weighted by Crippen LogP contribution is -2.22. The van der Waals surface area contributed by atoms with Crippen LogP contribution in [0.25, 0.3) is 11.0 Å². The molecule has 3 aromatic carbocycles. The van der Waals surface area contributed by atoms with Crippen LogP contribution in [-0.2, 0) is 10.0 Å². The van der Waals surface area contributed by atoms with Gasteiger partial charge in [-0.1, -0.05) is 25.1 Å². The summed E-state index contributed by atoms with van der Waals surface area (Å²) in [5.74, 6) is -2.16. The van der Waals surface area contributed by atoms with E-state index < -0.39 is 38.4 Å². The zero-order valence-electron chi connectivity index (χ0n) is 17.9. The Hall–Kier alpha value is -3.70. The predicted octanol–water partition coefficient (Wildman–Crippen LogP) is 5.27. The van der Waals surface area contributed by atoms with E-state index in [-0.39, 0.29) is 29.2 Å². The molecule has 0 saturated heterocycles. The van der Waals surface area contributed by atoms with Crippen LogP contribution in [0.4, 0.5) is 36.1 Å². The monoisotopic (exact) mass is 487 g/mol. The first-order valence-electron chi connectivity index (χ1n) is 10.2. The average Bonchev–Trinajstić information content (AvgIpc) is 2.79. The van der Waals surface area contributed by atoms with E-state index in [4.69, 9.17) is 5.14 Å². The average molecular weight is 488 g/mol. The fourth-order valence-corrected chi connectivity index (χ4v) is 4.56. The highest BCUT2D eigenvalue weighted by Gasteiger charge is 2.27. The quantitative estimate of drug-likeness (QED) is 0.327. The van der Waals surface area contributed by atoms with Crippen LogP contribution < -0.4 is 15.8 Å². The molecule has 0 bridgehead atoms. The van der Waals surface area contributed by atoms with Gasteiger partial charge in [0, 0.05) is 11.3 Å². The van der Waals surface area contributed by atoms with Crippen LogP contribution in [-0.4, -0.2) is 18.4 Å². The van der Waals surface area contributed by atoms with Crippen molar-refractivity contribution in [1.82, 2.24) is 9.97 Å². The molecule has 0 aliphatic carbocycles. The zero-order chi connectivity index (χ0) is 24.5. The molecular weight excluding hydrogens is 467 g/mol. The Morgan fingerprint density at radius 1 is 0.971 bits per heavy atom. The third-order valence-electron chi connectivity index (χ3n) is 5.18. The van der Waals surface area contributed by atoms with Crippen LogP contribution in [0.1, 0.15) is 24.2 Å². The Morgan fingerprint density at radius 2 is 1.74 bits per heavy atom. The van der Waals surface area contributed by atoms with Gasteiger partial charge in [0.15, 0.2) is 5.82 Å². The SMILES string of the molecule is CCC(c1ccc(F)c(Nc2ccc3ncc(Nc4ccccc4F)nc3c2)c1F)S(N)(=O)=O. The first kappa shape index (κ1) is 23.5. The second-order valence-electron chi connectivity index (χ2n) is 7.50. The van der Waals surface area contributed by atoms with Crippen molar-refractivity contribution in [2.24, 2.45) is 5.14 Å². The van der Waals surface area contributed by atoms with Gasteiger partial charge in [0.2, 0.25) is 10.0 Å². The summed E-state index contributed by atoms with van der Waals surface area (Å²) < 4.78 is 67.3. The summed E-state index contributed by atoms with van der Waals surface area (Å²) in [4.78, 5) is 8.65. The lowest BCUT2D eigenvalue weighted by Gasteiger charge is -2.17. The molecule has 0 saturated carbocycles. The van der Waals surface area contributed by atoms with Gasteiger partial charge in [-0.15, -0.1) is 0 Å². The predicted molar refractivity (Wildman–Crippen MR) is 125 cm³/mol. The summed E-state index contributed by atoms with van der Waals surface area (Å²) in [5.41, 5.74) is 0.618. The fraction of sp³-hybridized carbons (Fsp3) is 0.130. The van der Waals surface area contributed by atoms with Gasteiger partial charge in [-0.05, 0) is 42.8 Å². The van der Waals surface area contributed by atoms with Crippen molar-refractivity contribution in [1.29, 1.82) is 0 Å². The Labute approximate surface area is 193 Å². The third-order valence-corrected chi connectivity index (χ3v) is 6.56. The minimum Gasteiger partial charge on any atom is -0.351 e.